The minimum Gasteiger partial charge on any atom is -0.497 e. The third kappa shape index (κ3) is 8.82. The first-order valence-corrected chi connectivity index (χ1v) is 20.2. The highest BCUT2D eigenvalue weighted by Gasteiger charge is 2.45. The predicted molar refractivity (Wildman–Crippen MR) is 216 cm³/mol. The fourth-order valence-corrected chi connectivity index (χ4v) is 8.94. The van der Waals surface area contributed by atoms with Crippen molar-refractivity contribution in [2.75, 3.05) is 39.3 Å². The molecule has 0 saturated carbocycles. The molecule has 0 amide bonds. The van der Waals surface area contributed by atoms with Gasteiger partial charge in [0.05, 0.1) is 52.4 Å². The van der Waals surface area contributed by atoms with Crippen LogP contribution in [0, 0.1) is 11.3 Å². The lowest BCUT2D eigenvalue weighted by atomic mass is 9.80. The lowest BCUT2D eigenvalue weighted by Crippen LogP contribution is -2.39. The number of methoxy groups -OCH3 is 2. The number of anilines is 1. The molecule has 4 atom stereocenters. The Hall–Kier alpha value is -4.67. The molecule has 56 heavy (non-hydrogen) atoms. The number of nitrogens with zero attached hydrogens (tertiary/aromatic N) is 6. The molecule has 0 radical (unpaired) electrons. The van der Waals surface area contributed by atoms with Crippen molar-refractivity contribution in [2.24, 2.45) is 0 Å². The standard InChI is InChI=1S/C42H52N7O6P/c1-8-44-40-39-41(46-27-45-40)48(28-47-39)38-25-36(55-56(53-24-12-23-43)49(29(2)3)30(4)5)37(54-38)26-52-42(31-13-10-9-11-14-31,32-15-19-34(50-6)20-16-32)33-17-21-35(51-7)22-18-33/h9-11,13-22,27-30,36-38H,8,12,24-26H2,1-7H3,(H,44,45,46)/t36-,37-,38-,56?/m1/s1. The maximum atomic E-state index is 9.38. The Kier molecular flexibility index (Phi) is 13.9. The lowest BCUT2D eigenvalue weighted by Gasteiger charge is -2.39. The van der Waals surface area contributed by atoms with Crippen LogP contribution >= 0.6 is 8.53 Å². The smallest absolute Gasteiger partial charge is 0.259 e. The van der Waals surface area contributed by atoms with Crippen LogP contribution in [0.4, 0.5) is 5.82 Å². The first-order valence-electron chi connectivity index (χ1n) is 19.0. The topological polar surface area (TPSA) is 138 Å². The third-order valence-corrected chi connectivity index (χ3v) is 11.9. The van der Waals surface area contributed by atoms with Crippen LogP contribution in [0.3, 0.4) is 0 Å². The van der Waals surface area contributed by atoms with Crippen molar-refractivity contribution in [3.63, 3.8) is 0 Å². The Labute approximate surface area is 330 Å². The molecule has 1 aliphatic heterocycles. The van der Waals surface area contributed by atoms with Gasteiger partial charge < -0.3 is 33.3 Å². The molecule has 0 spiro atoms. The summed E-state index contributed by atoms with van der Waals surface area (Å²) in [5, 5.41) is 12.7. The maximum Gasteiger partial charge on any atom is 0.259 e. The molecule has 1 unspecified atom stereocenters. The highest BCUT2D eigenvalue weighted by atomic mass is 31.2. The van der Waals surface area contributed by atoms with Gasteiger partial charge in [-0.15, -0.1) is 0 Å². The molecule has 1 saturated heterocycles. The van der Waals surface area contributed by atoms with Crippen molar-refractivity contribution >= 4 is 25.5 Å². The van der Waals surface area contributed by atoms with Gasteiger partial charge in [-0.25, -0.2) is 19.6 Å². The molecule has 3 heterocycles. The number of hydrogen-bond donors (Lipinski definition) is 1. The number of aromatic nitrogens is 4. The molecule has 2 aromatic heterocycles. The van der Waals surface area contributed by atoms with Gasteiger partial charge in [-0.2, -0.15) is 5.26 Å². The van der Waals surface area contributed by atoms with E-state index in [0.717, 1.165) is 28.2 Å². The molecule has 1 aliphatic rings. The molecule has 3 aromatic carbocycles. The Morgan fingerprint density at radius 1 is 0.911 bits per heavy atom. The zero-order chi connectivity index (χ0) is 39.7. The molecule has 1 N–H and O–H groups in total. The molecular formula is C42H52N7O6P. The van der Waals surface area contributed by atoms with Crippen LogP contribution in [-0.4, -0.2) is 82.5 Å². The van der Waals surface area contributed by atoms with Gasteiger partial charge in [-0.05, 0) is 75.6 Å². The molecule has 5 aromatic rings. The Morgan fingerprint density at radius 3 is 2.11 bits per heavy atom. The minimum atomic E-state index is -1.60. The number of hydrogen-bond acceptors (Lipinski definition) is 12. The second-order valence-electron chi connectivity index (χ2n) is 13.9. The summed E-state index contributed by atoms with van der Waals surface area (Å²) in [7, 11) is 1.71. The number of imidazole rings is 1. The van der Waals surface area contributed by atoms with Crippen molar-refractivity contribution in [1.29, 1.82) is 5.26 Å². The average Bonchev–Trinajstić information content (AvgIpc) is 3.83. The van der Waals surface area contributed by atoms with Gasteiger partial charge >= 0.3 is 0 Å². The SMILES string of the molecule is CCNc1ncnc2c1ncn2[C@H]1C[C@@H](OP(OCCC#N)N(C(C)C)C(C)C)[C@@H](COC(c2ccccc2)(c2ccc(OC)cc2)c2ccc(OC)cc2)O1. The van der Waals surface area contributed by atoms with Crippen LogP contribution in [-0.2, 0) is 24.1 Å². The summed E-state index contributed by atoms with van der Waals surface area (Å²) >= 11 is 0. The van der Waals surface area contributed by atoms with E-state index in [0.29, 0.717) is 29.9 Å². The fraction of sp³-hybridized carbons (Fsp3) is 0.429. The molecule has 296 valence electrons. The Balaban J connectivity index is 1.43. The molecule has 6 rings (SSSR count). The van der Waals surface area contributed by atoms with Gasteiger partial charge in [0.15, 0.2) is 17.0 Å². The summed E-state index contributed by atoms with van der Waals surface area (Å²) in [5.74, 6) is 2.13. The molecule has 13 nitrogen and oxygen atoms in total. The summed E-state index contributed by atoms with van der Waals surface area (Å²) in [4.78, 5) is 13.7. The van der Waals surface area contributed by atoms with Crippen LogP contribution in [0.2, 0.25) is 0 Å². The minimum absolute atomic E-state index is 0.116. The largest absolute Gasteiger partial charge is 0.497 e. The molecule has 14 heteroatoms. The van der Waals surface area contributed by atoms with Gasteiger partial charge in [-0.1, -0.05) is 54.6 Å². The maximum absolute atomic E-state index is 9.38. The summed E-state index contributed by atoms with van der Waals surface area (Å²) in [6, 6.07) is 28.5. The highest BCUT2D eigenvalue weighted by molar-refractivity contribution is 7.44. The number of ether oxygens (including phenoxy) is 4. The van der Waals surface area contributed by atoms with Crippen molar-refractivity contribution in [3.05, 3.63) is 108 Å². The van der Waals surface area contributed by atoms with Gasteiger partial charge in [0.25, 0.3) is 8.53 Å². The van der Waals surface area contributed by atoms with E-state index in [-0.39, 0.29) is 31.7 Å². The number of fused-ring (bicyclic) bond motifs is 1. The summed E-state index contributed by atoms with van der Waals surface area (Å²) in [5.41, 5.74) is 2.98. The van der Waals surface area contributed by atoms with Gasteiger partial charge in [0.1, 0.15) is 35.8 Å². The fourth-order valence-electron chi connectivity index (χ4n) is 7.18. The average molecular weight is 782 g/mol. The van der Waals surface area contributed by atoms with Crippen molar-refractivity contribution in [1.82, 2.24) is 24.2 Å². The Bertz CT molecular complexity index is 1970. The normalized spacial score (nSPS) is 17.8. The van der Waals surface area contributed by atoms with Crippen molar-refractivity contribution in [3.8, 4) is 17.6 Å². The monoisotopic (exact) mass is 781 g/mol. The molecule has 0 aliphatic carbocycles. The van der Waals surface area contributed by atoms with Gasteiger partial charge in [-0.3, -0.25) is 4.57 Å². The van der Waals surface area contributed by atoms with Crippen LogP contribution in [0.15, 0.2) is 91.5 Å². The first kappa shape index (κ1) is 41.0. The number of nitrogens with one attached hydrogen (secondary N) is 1. The van der Waals surface area contributed by atoms with E-state index in [4.69, 9.17) is 33.0 Å². The van der Waals surface area contributed by atoms with Crippen LogP contribution in [0.25, 0.3) is 11.2 Å². The summed E-state index contributed by atoms with van der Waals surface area (Å²) < 4.78 is 43.0. The van der Waals surface area contributed by atoms with Crippen LogP contribution < -0.4 is 14.8 Å². The van der Waals surface area contributed by atoms with Gasteiger partial charge in [0, 0.05) is 25.0 Å². The zero-order valence-corrected chi connectivity index (χ0v) is 34.1. The second-order valence-corrected chi connectivity index (χ2v) is 15.4. The van der Waals surface area contributed by atoms with E-state index in [1.165, 1.54) is 6.33 Å². The lowest BCUT2D eigenvalue weighted by molar-refractivity contribution is -0.0912. The quantitative estimate of drug-likeness (QED) is 0.0491. The molecule has 0 bridgehead atoms. The van der Waals surface area contributed by atoms with Crippen molar-refractivity contribution in [2.45, 2.75) is 83.6 Å². The van der Waals surface area contributed by atoms with E-state index in [9.17, 15) is 5.26 Å². The number of nitriles is 1. The number of benzene rings is 3. The van der Waals surface area contributed by atoms with E-state index in [1.807, 2.05) is 78.2 Å². The third-order valence-electron chi connectivity index (χ3n) is 9.72. The van der Waals surface area contributed by atoms with Crippen LogP contribution in [0.1, 0.15) is 70.4 Å². The van der Waals surface area contributed by atoms with E-state index in [2.05, 4.69) is 65.9 Å². The predicted octanol–water partition coefficient (Wildman–Crippen LogP) is 8.23. The summed E-state index contributed by atoms with van der Waals surface area (Å²) in [6.07, 6.45) is 2.48. The zero-order valence-electron chi connectivity index (χ0n) is 33.2. The second kappa shape index (κ2) is 19.0. The van der Waals surface area contributed by atoms with Crippen molar-refractivity contribution < 1.29 is 28.0 Å². The molecular weight excluding hydrogens is 729 g/mol. The Morgan fingerprint density at radius 2 is 1.54 bits per heavy atom. The van der Waals surface area contributed by atoms with E-state index < -0.39 is 32.6 Å². The molecule has 1 fully saturated rings. The van der Waals surface area contributed by atoms with E-state index >= 15 is 0 Å². The number of rotatable bonds is 19. The van der Waals surface area contributed by atoms with E-state index in [1.54, 1.807) is 20.5 Å². The van der Waals surface area contributed by atoms with Gasteiger partial charge in [0.2, 0.25) is 0 Å². The highest BCUT2D eigenvalue weighted by Crippen LogP contribution is 2.51. The van der Waals surface area contributed by atoms with Crippen LogP contribution in [0.5, 0.6) is 11.5 Å². The first-order chi connectivity index (χ1) is 27.2. The summed E-state index contributed by atoms with van der Waals surface area (Å²) in [6.45, 7) is 11.6.